The number of nitrogen functional groups attached to an aromatic ring is 1. The molecule has 0 heterocycles. The number of nitrogens with one attached hydrogen (secondary N) is 1. The van der Waals surface area contributed by atoms with Crippen molar-refractivity contribution in [2.24, 2.45) is 0 Å². The van der Waals surface area contributed by atoms with Crippen molar-refractivity contribution < 1.29 is 4.79 Å². The van der Waals surface area contributed by atoms with E-state index < -0.39 is 0 Å². The summed E-state index contributed by atoms with van der Waals surface area (Å²) in [5.74, 6) is -0.0682. The van der Waals surface area contributed by atoms with Crippen molar-refractivity contribution >= 4 is 23.2 Å². The Labute approximate surface area is 129 Å². The van der Waals surface area contributed by atoms with E-state index in [-0.39, 0.29) is 11.9 Å². The van der Waals surface area contributed by atoms with E-state index >= 15 is 0 Å². The molecule has 0 saturated carbocycles. The molecule has 21 heavy (non-hydrogen) atoms. The fraction of sp³-hybridized carbons (Fsp3) is 0.235. The highest BCUT2D eigenvalue weighted by Crippen LogP contribution is 2.31. The van der Waals surface area contributed by atoms with Crippen LogP contribution >= 0.6 is 11.6 Å². The Morgan fingerprint density at radius 1 is 1.19 bits per heavy atom. The van der Waals surface area contributed by atoms with Crippen LogP contribution in [0.1, 0.15) is 40.4 Å². The molecule has 108 valence electrons. The van der Waals surface area contributed by atoms with Gasteiger partial charge in [0.05, 0.1) is 6.04 Å². The number of nitrogens with two attached hydrogens (primary N) is 1. The smallest absolute Gasteiger partial charge is 0.251 e. The molecular formula is C17H17ClN2O. The first-order valence-corrected chi connectivity index (χ1v) is 7.46. The minimum absolute atomic E-state index is 0.0533. The van der Waals surface area contributed by atoms with Crippen LogP contribution in [0.3, 0.4) is 0 Å². The number of carbonyl (C=O) groups excluding carboxylic acids is 1. The molecule has 0 fully saturated rings. The van der Waals surface area contributed by atoms with Gasteiger partial charge in [-0.3, -0.25) is 4.79 Å². The molecule has 0 bridgehead atoms. The number of halogens is 1. The van der Waals surface area contributed by atoms with E-state index in [1.807, 2.05) is 18.2 Å². The summed E-state index contributed by atoms with van der Waals surface area (Å²) in [6, 6.07) is 12.9. The molecule has 0 radical (unpaired) electrons. The van der Waals surface area contributed by atoms with Gasteiger partial charge in [-0.15, -0.1) is 0 Å². The van der Waals surface area contributed by atoms with Crippen molar-refractivity contribution in [2.45, 2.75) is 25.3 Å². The van der Waals surface area contributed by atoms with Gasteiger partial charge >= 0.3 is 0 Å². The minimum atomic E-state index is -0.0682. The van der Waals surface area contributed by atoms with Gasteiger partial charge in [-0.1, -0.05) is 17.7 Å². The van der Waals surface area contributed by atoms with Crippen molar-refractivity contribution in [3.05, 3.63) is 64.2 Å². The van der Waals surface area contributed by atoms with E-state index in [2.05, 4.69) is 5.32 Å². The lowest BCUT2D eigenvalue weighted by Gasteiger charge is -2.26. The first-order valence-electron chi connectivity index (χ1n) is 7.08. The summed E-state index contributed by atoms with van der Waals surface area (Å²) >= 11 is 5.85. The number of rotatable bonds is 2. The minimum Gasteiger partial charge on any atom is -0.399 e. The summed E-state index contributed by atoms with van der Waals surface area (Å²) in [5.41, 5.74) is 9.65. The van der Waals surface area contributed by atoms with Gasteiger partial charge in [0.15, 0.2) is 0 Å². The lowest BCUT2D eigenvalue weighted by atomic mass is 9.87. The van der Waals surface area contributed by atoms with Crippen LogP contribution in [0.5, 0.6) is 0 Å². The van der Waals surface area contributed by atoms with Gasteiger partial charge in [-0.05, 0) is 66.8 Å². The molecule has 2 aromatic rings. The molecule has 0 aliphatic heterocycles. The SMILES string of the molecule is Nc1ccc2c(c1)CCCC2NC(=O)c1ccc(Cl)cc1. The topological polar surface area (TPSA) is 55.1 Å². The predicted octanol–water partition coefficient (Wildman–Crippen LogP) is 3.73. The normalized spacial score (nSPS) is 17.1. The van der Waals surface area contributed by atoms with Gasteiger partial charge in [0.1, 0.15) is 0 Å². The molecule has 2 aromatic carbocycles. The van der Waals surface area contributed by atoms with Crippen LogP contribution in [-0.2, 0) is 6.42 Å². The fourth-order valence-electron chi connectivity index (χ4n) is 2.83. The summed E-state index contributed by atoms with van der Waals surface area (Å²) in [6.07, 6.45) is 3.03. The van der Waals surface area contributed by atoms with Crippen molar-refractivity contribution in [2.75, 3.05) is 5.73 Å². The second kappa shape index (κ2) is 5.78. The summed E-state index contributed by atoms with van der Waals surface area (Å²) in [4.78, 5) is 12.3. The van der Waals surface area contributed by atoms with Gasteiger partial charge < -0.3 is 11.1 Å². The number of anilines is 1. The van der Waals surface area contributed by atoms with Gasteiger partial charge in [0.25, 0.3) is 5.91 Å². The molecule has 0 spiro atoms. The Balaban J connectivity index is 1.80. The highest BCUT2D eigenvalue weighted by atomic mass is 35.5. The number of fused-ring (bicyclic) bond motifs is 1. The van der Waals surface area contributed by atoms with Crippen LogP contribution in [0.25, 0.3) is 0 Å². The number of amides is 1. The average Bonchev–Trinajstić information content (AvgIpc) is 2.47. The van der Waals surface area contributed by atoms with E-state index in [0.29, 0.717) is 10.6 Å². The Morgan fingerprint density at radius 2 is 1.95 bits per heavy atom. The Hall–Kier alpha value is -2.00. The molecule has 0 saturated heterocycles. The molecule has 0 aromatic heterocycles. The molecular weight excluding hydrogens is 284 g/mol. The second-order valence-corrected chi connectivity index (χ2v) is 5.82. The first-order chi connectivity index (χ1) is 10.1. The molecule has 1 aliphatic carbocycles. The second-order valence-electron chi connectivity index (χ2n) is 5.38. The van der Waals surface area contributed by atoms with Crippen LogP contribution in [0.2, 0.25) is 5.02 Å². The van der Waals surface area contributed by atoms with E-state index in [1.54, 1.807) is 24.3 Å². The number of hydrogen-bond acceptors (Lipinski definition) is 2. The predicted molar refractivity (Wildman–Crippen MR) is 85.5 cm³/mol. The van der Waals surface area contributed by atoms with Crippen molar-refractivity contribution in [3.63, 3.8) is 0 Å². The summed E-state index contributed by atoms with van der Waals surface area (Å²) in [6.45, 7) is 0. The van der Waals surface area contributed by atoms with Gasteiger partial charge in [0, 0.05) is 16.3 Å². The maximum absolute atomic E-state index is 12.3. The van der Waals surface area contributed by atoms with Gasteiger partial charge in [0.2, 0.25) is 0 Å². The first kappa shape index (κ1) is 14.0. The summed E-state index contributed by atoms with van der Waals surface area (Å²) < 4.78 is 0. The Morgan fingerprint density at radius 3 is 2.71 bits per heavy atom. The third kappa shape index (κ3) is 3.03. The third-order valence-corrected chi connectivity index (χ3v) is 4.15. The van der Waals surface area contributed by atoms with Gasteiger partial charge in [-0.25, -0.2) is 0 Å². The quantitative estimate of drug-likeness (QED) is 0.830. The van der Waals surface area contributed by atoms with E-state index in [0.717, 1.165) is 24.9 Å². The fourth-order valence-corrected chi connectivity index (χ4v) is 2.95. The zero-order chi connectivity index (χ0) is 14.8. The highest BCUT2D eigenvalue weighted by Gasteiger charge is 2.22. The summed E-state index contributed by atoms with van der Waals surface area (Å²) in [5, 5.41) is 3.74. The largest absolute Gasteiger partial charge is 0.399 e. The number of carbonyl (C=O) groups is 1. The summed E-state index contributed by atoms with van der Waals surface area (Å²) in [7, 11) is 0. The highest BCUT2D eigenvalue weighted by molar-refractivity contribution is 6.30. The molecule has 1 aliphatic rings. The number of aryl methyl sites for hydroxylation is 1. The maximum Gasteiger partial charge on any atom is 0.251 e. The molecule has 3 nitrogen and oxygen atoms in total. The zero-order valence-corrected chi connectivity index (χ0v) is 12.4. The zero-order valence-electron chi connectivity index (χ0n) is 11.6. The van der Waals surface area contributed by atoms with Crippen LogP contribution in [-0.4, -0.2) is 5.91 Å². The maximum atomic E-state index is 12.3. The van der Waals surface area contributed by atoms with Crippen LogP contribution in [0.15, 0.2) is 42.5 Å². The number of hydrogen-bond donors (Lipinski definition) is 2. The van der Waals surface area contributed by atoms with Crippen molar-refractivity contribution in [1.29, 1.82) is 0 Å². The Bertz CT molecular complexity index is 667. The van der Waals surface area contributed by atoms with E-state index in [4.69, 9.17) is 17.3 Å². The number of benzene rings is 2. The molecule has 1 atom stereocenters. The molecule has 4 heteroatoms. The third-order valence-electron chi connectivity index (χ3n) is 3.89. The molecule has 3 rings (SSSR count). The van der Waals surface area contributed by atoms with E-state index in [9.17, 15) is 4.79 Å². The average molecular weight is 301 g/mol. The molecule has 3 N–H and O–H groups in total. The lowest BCUT2D eigenvalue weighted by molar-refractivity contribution is 0.0933. The van der Waals surface area contributed by atoms with Crippen LogP contribution in [0, 0.1) is 0 Å². The van der Waals surface area contributed by atoms with Crippen molar-refractivity contribution in [1.82, 2.24) is 5.32 Å². The molecule has 1 amide bonds. The van der Waals surface area contributed by atoms with Crippen molar-refractivity contribution in [3.8, 4) is 0 Å². The lowest BCUT2D eigenvalue weighted by Crippen LogP contribution is -2.31. The van der Waals surface area contributed by atoms with Crippen LogP contribution < -0.4 is 11.1 Å². The van der Waals surface area contributed by atoms with Gasteiger partial charge in [-0.2, -0.15) is 0 Å². The Kier molecular flexibility index (Phi) is 3.84. The molecule has 1 unspecified atom stereocenters. The standard InChI is InChI=1S/C17H17ClN2O/c18-13-6-4-11(5-7-13)17(21)20-16-3-1-2-12-10-14(19)8-9-15(12)16/h4-10,16H,1-3,19H2,(H,20,21). The van der Waals surface area contributed by atoms with Crippen LogP contribution in [0.4, 0.5) is 5.69 Å². The van der Waals surface area contributed by atoms with E-state index in [1.165, 1.54) is 11.1 Å². The monoisotopic (exact) mass is 300 g/mol.